The van der Waals surface area contributed by atoms with Crippen LogP contribution in [-0.2, 0) is 0 Å². The quantitative estimate of drug-likeness (QED) is 0.786. The predicted molar refractivity (Wildman–Crippen MR) is 58.4 cm³/mol. The molecule has 2 unspecified atom stereocenters. The fraction of sp³-hybridized carbons (Fsp3) is 0.556. The van der Waals surface area contributed by atoms with Crippen LogP contribution in [0.3, 0.4) is 0 Å². The van der Waals surface area contributed by atoms with E-state index in [2.05, 4.69) is 4.98 Å². The van der Waals surface area contributed by atoms with Gasteiger partial charge in [-0.1, -0.05) is 0 Å². The summed E-state index contributed by atoms with van der Waals surface area (Å²) in [5.74, 6) is -0.273. The third-order valence-corrected chi connectivity index (χ3v) is 3.68. The second kappa shape index (κ2) is 4.25. The van der Waals surface area contributed by atoms with E-state index in [4.69, 9.17) is 10.8 Å². The maximum Gasteiger partial charge on any atom is 0.407 e. The number of alkyl halides is 1. The number of piperidine rings is 1. The number of nitrogen functional groups attached to an aromatic ring is 1. The summed E-state index contributed by atoms with van der Waals surface area (Å²) in [5, 5.41) is 9.17. The zero-order valence-corrected chi connectivity index (χ0v) is 9.28. The lowest BCUT2D eigenvalue weighted by Gasteiger charge is -2.32. The average Bonchev–Trinajstić information content (AvgIpc) is 2.64. The molecule has 1 fully saturated rings. The first-order chi connectivity index (χ1) is 7.58. The summed E-state index contributed by atoms with van der Waals surface area (Å²) in [6.07, 6.45) is -0.183. The van der Waals surface area contributed by atoms with Gasteiger partial charge in [0.25, 0.3) is 0 Å². The molecule has 5 nitrogen and oxygen atoms in total. The monoisotopic (exact) mass is 245 g/mol. The molecule has 2 heterocycles. The molecule has 0 bridgehead atoms. The standard InChI is InChI=1S/C9H12FN3O2S/c10-6-4-13(9(14)15)2-1-5(6)7-3-12-8(11)16-7/h3,5-6H,1-2,4H2,(H2,11,12)(H,14,15). The molecule has 0 aromatic carbocycles. The van der Waals surface area contributed by atoms with E-state index in [9.17, 15) is 9.18 Å². The van der Waals surface area contributed by atoms with Gasteiger partial charge in [-0.15, -0.1) is 11.3 Å². The Morgan fingerprint density at radius 1 is 1.75 bits per heavy atom. The summed E-state index contributed by atoms with van der Waals surface area (Å²) in [4.78, 5) is 16.5. The normalized spacial score (nSPS) is 25.7. The average molecular weight is 245 g/mol. The van der Waals surface area contributed by atoms with Crippen molar-refractivity contribution in [1.29, 1.82) is 0 Å². The SMILES string of the molecule is Nc1ncc(C2CCN(C(=O)O)CC2F)s1. The summed E-state index contributed by atoms with van der Waals surface area (Å²) in [5.41, 5.74) is 5.49. The summed E-state index contributed by atoms with van der Waals surface area (Å²) in [6, 6.07) is 0. The van der Waals surface area contributed by atoms with Crippen LogP contribution in [0.15, 0.2) is 6.20 Å². The number of aromatic nitrogens is 1. The van der Waals surface area contributed by atoms with E-state index >= 15 is 0 Å². The highest BCUT2D eigenvalue weighted by atomic mass is 32.1. The van der Waals surface area contributed by atoms with Crippen molar-refractivity contribution in [3.63, 3.8) is 0 Å². The van der Waals surface area contributed by atoms with Crippen LogP contribution in [0.4, 0.5) is 14.3 Å². The van der Waals surface area contributed by atoms with Gasteiger partial charge in [-0.3, -0.25) is 0 Å². The summed E-state index contributed by atoms with van der Waals surface area (Å²) < 4.78 is 13.8. The highest BCUT2D eigenvalue weighted by molar-refractivity contribution is 7.15. The number of thiazole rings is 1. The molecule has 1 aromatic heterocycles. The number of likely N-dealkylation sites (tertiary alicyclic amines) is 1. The molecule has 16 heavy (non-hydrogen) atoms. The summed E-state index contributed by atoms with van der Waals surface area (Å²) in [7, 11) is 0. The molecule has 1 amide bonds. The van der Waals surface area contributed by atoms with E-state index in [-0.39, 0.29) is 12.5 Å². The largest absolute Gasteiger partial charge is 0.465 e. The number of halogens is 1. The van der Waals surface area contributed by atoms with E-state index in [0.29, 0.717) is 18.1 Å². The minimum atomic E-state index is -1.18. The lowest BCUT2D eigenvalue weighted by atomic mass is 9.94. The van der Waals surface area contributed by atoms with Gasteiger partial charge < -0.3 is 15.7 Å². The molecule has 88 valence electrons. The summed E-state index contributed by atoms with van der Waals surface area (Å²) >= 11 is 1.27. The molecular weight excluding hydrogens is 233 g/mol. The van der Waals surface area contributed by atoms with Gasteiger partial charge in [-0.05, 0) is 6.42 Å². The van der Waals surface area contributed by atoms with Crippen molar-refractivity contribution in [3.05, 3.63) is 11.1 Å². The predicted octanol–water partition coefficient (Wildman–Crippen LogP) is 1.53. The lowest BCUT2D eigenvalue weighted by Crippen LogP contribution is -2.43. The van der Waals surface area contributed by atoms with E-state index in [1.54, 1.807) is 6.20 Å². The van der Waals surface area contributed by atoms with Crippen LogP contribution in [0.5, 0.6) is 0 Å². The number of amides is 1. The Morgan fingerprint density at radius 2 is 2.50 bits per heavy atom. The van der Waals surface area contributed by atoms with Gasteiger partial charge in [0.05, 0.1) is 6.54 Å². The van der Waals surface area contributed by atoms with Gasteiger partial charge in [0, 0.05) is 23.5 Å². The van der Waals surface area contributed by atoms with Crippen molar-refractivity contribution < 1.29 is 14.3 Å². The Kier molecular flexibility index (Phi) is 2.95. The van der Waals surface area contributed by atoms with E-state index in [0.717, 1.165) is 9.78 Å². The van der Waals surface area contributed by atoms with Gasteiger partial charge in [-0.25, -0.2) is 14.2 Å². The van der Waals surface area contributed by atoms with E-state index < -0.39 is 12.3 Å². The maximum absolute atomic E-state index is 13.8. The zero-order chi connectivity index (χ0) is 11.7. The van der Waals surface area contributed by atoms with Crippen LogP contribution in [-0.4, -0.2) is 40.3 Å². The zero-order valence-electron chi connectivity index (χ0n) is 8.47. The molecule has 3 N–H and O–H groups in total. The van der Waals surface area contributed by atoms with Crippen molar-refractivity contribution in [2.75, 3.05) is 18.8 Å². The third-order valence-electron chi connectivity index (χ3n) is 2.72. The van der Waals surface area contributed by atoms with Crippen LogP contribution < -0.4 is 5.73 Å². The molecule has 7 heteroatoms. The molecule has 1 aromatic rings. The maximum atomic E-state index is 13.8. The van der Waals surface area contributed by atoms with Gasteiger partial charge in [0.15, 0.2) is 5.13 Å². The molecule has 2 atom stereocenters. The second-order valence-corrected chi connectivity index (χ2v) is 4.83. The molecule has 0 aliphatic carbocycles. The van der Waals surface area contributed by atoms with E-state index in [1.807, 2.05) is 0 Å². The number of nitrogens with zero attached hydrogens (tertiary/aromatic N) is 2. The summed E-state index contributed by atoms with van der Waals surface area (Å²) in [6.45, 7) is 0.288. The number of nitrogens with two attached hydrogens (primary N) is 1. The van der Waals surface area contributed by atoms with Gasteiger partial charge in [-0.2, -0.15) is 0 Å². The molecule has 1 saturated heterocycles. The van der Waals surface area contributed by atoms with Crippen molar-refractivity contribution in [3.8, 4) is 0 Å². The lowest BCUT2D eigenvalue weighted by molar-refractivity contribution is 0.0969. The van der Waals surface area contributed by atoms with Gasteiger partial charge in [0.2, 0.25) is 0 Å². The van der Waals surface area contributed by atoms with Crippen LogP contribution >= 0.6 is 11.3 Å². The van der Waals surface area contributed by atoms with Crippen LogP contribution in [0.25, 0.3) is 0 Å². The van der Waals surface area contributed by atoms with Crippen LogP contribution in [0, 0.1) is 0 Å². The highest BCUT2D eigenvalue weighted by Crippen LogP contribution is 2.34. The van der Waals surface area contributed by atoms with Crippen LogP contribution in [0.2, 0.25) is 0 Å². The van der Waals surface area contributed by atoms with E-state index in [1.165, 1.54) is 11.3 Å². The van der Waals surface area contributed by atoms with Gasteiger partial charge >= 0.3 is 6.09 Å². The first kappa shape index (κ1) is 11.1. The number of anilines is 1. The minimum Gasteiger partial charge on any atom is -0.465 e. The molecule has 0 radical (unpaired) electrons. The molecule has 1 aliphatic heterocycles. The van der Waals surface area contributed by atoms with Crippen molar-refractivity contribution in [2.45, 2.75) is 18.5 Å². The van der Waals surface area contributed by atoms with Gasteiger partial charge in [0.1, 0.15) is 6.17 Å². The number of carboxylic acid groups (broad SMARTS) is 1. The second-order valence-electron chi connectivity index (χ2n) is 3.74. The minimum absolute atomic E-state index is 0.0716. The number of rotatable bonds is 1. The number of hydrogen-bond acceptors (Lipinski definition) is 4. The number of carbonyl (C=O) groups is 1. The molecular formula is C9H12FN3O2S. The van der Waals surface area contributed by atoms with Crippen LogP contribution in [0.1, 0.15) is 17.2 Å². The molecule has 1 aliphatic rings. The smallest absolute Gasteiger partial charge is 0.407 e. The third kappa shape index (κ3) is 2.08. The Balaban J connectivity index is 2.07. The fourth-order valence-corrected chi connectivity index (χ4v) is 2.74. The highest BCUT2D eigenvalue weighted by Gasteiger charge is 2.33. The Bertz CT molecular complexity index is 398. The fourth-order valence-electron chi connectivity index (χ4n) is 1.87. The first-order valence-corrected chi connectivity index (χ1v) is 5.72. The molecule has 0 spiro atoms. The Labute approximate surface area is 95.7 Å². The Morgan fingerprint density at radius 3 is 3.00 bits per heavy atom. The first-order valence-electron chi connectivity index (χ1n) is 4.91. The topological polar surface area (TPSA) is 79.5 Å². The van der Waals surface area contributed by atoms with Crippen molar-refractivity contribution in [2.24, 2.45) is 0 Å². The molecule has 2 rings (SSSR count). The molecule has 0 saturated carbocycles. The Hall–Kier alpha value is -1.37. The van der Waals surface area contributed by atoms with Crippen molar-refractivity contribution >= 4 is 22.6 Å². The number of hydrogen-bond donors (Lipinski definition) is 2. The van der Waals surface area contributed by atoms with Crippen molar-refractivity contribution in [1.82, 2.24) is 9.88 Å².